The van der Waals surface area contributed by atoms with Crippen molar-refractivity contribution < 1.29 is 14.3 Å². The monoisotopic (exact) mass is 382 g/mol. The van der Waals surface area contributed by atoms with Crippen molar-refractivity contribution in [2.75, 3.05) is 19.0 Å². The number of para-hydroxylation sites is 1. The van der Waals surface area contributed by atoms with Gasteiger partial charge in [0, 0.05) is 17.9 Å². The van der Waals surface area contributed by atoms with Gasteiger partial charge in [0.2, 0.25) is 11.8 Å². The fourth-order valence-corrected chi connectivity index (χ4v) is 4.87. The number of thioether (sulfide) groups is 1. The van der Waals surface area contributed by atoms with Gasteiger partial charge in [-0.3, -0.25) is 9.59 Å². The lowest BCUT2D eigenvalue weighted by Gasteiger charge is -2.29. The summed E-state index contributed by atoms with van der Waals surface area (Å²) in [6.07, 6.45) is 2.12. The predicted molar refractivity (Wildman–Crippen MR) is 106 cm³/mol. The van der Waals surface area contributed by atoms with Crippen molar-refractivity contribution in [1.29, 1.82) is 0 Å². The van der Waals surface area contributed by atoms with Crippen LogP contribution in [-0.2, 0) is 9.59 Å². The highest BCUT2D eigenvalue weighted by Gasteiger charge is 2.35. The first-order valence-corrected chi connectivity index (χ1v) is 10.0. The topological polar surface area (TPSA) is 58.6 Å². The molecule has 0 aromatic heterocycles. The van der Waals surface area contributed by atoms with Crippen LogP contribution in [0.3, 0.4) is 0 Å². The molecule has 0 spiro atoms. The molecule has 2 aromatic carbocycles. The van der Waals surface area contributed by atoms with E-state index in [0.29, 0.717) is 0 Å². The highest BCUT2D eigenvalue weighted by atomic mass is 32.2. The van der Waals surface area contributed by atoms with Crippen molar-refractivity contribution in [1.82, 2.24) is 4.90 Å². The van der Waals surface area contributed by atoms with Gasteiger partial charge < -0.3 is 15.0 Å². The molecule has 140 valence electrons. The van der Waals surface area contributed by atoms with Crippen molar-refractivity contribution >= 4 is 29.3 Å². The largest absolute Gasteiger partial charge is 0.497 e. The number of nitrogens with zero attached hydrogens (tertiary/aromatic N) is 1. The Morgan fingerprint density at radius 3 is 2.96 bits per heavy atom. The molecule has 2 aliphatic heterocycles. The average Bonchev–Trinajstić information content (AvgIpc) is 3.18. The van der Waals surface area contributed by atoms with Crippen molar-refractivity contribution in [3.8, 4) is 5.75 Å². The number of likely N-dealkylation sites (tertiary alicyclic amines) is 1. The van der Waals surface area contributed by atoms with Crippen LogP contribution in [0, 0.1) is 0 Å². The van der Waals surface area contributed by atoms with E-state index in [2.05, 4.69) is 5.32 Å². The Bertz CT molecular complexity index is 870. The van der Waals surface area contributed by atoms with E-state index in [4.69, 9.17) is 4.74 Å². The number of benzene rings is 2. The first-order valence-electron chi connectivity index (χ1n) is 9.15. The van der Waals surface area contributed by atoms with Gasteiger partial charge in [-0.25, -0.2) is 0 Å². The lowest BCUT2D eigenvalue weighted by Crippen LogP contribution is -2.37. The van der Waals surface area contributed by atoms with Crippen LogP contribution in [0.2, 0.25) is 0 Å². The molecule has 1 fully saturated rings. The third-order valence-electron chi connectivity index (χ3n) is 5.12. The van der Waals surface area contributed by atoms with Gasteiger partial charge in [-0.15, -0.1) is 11.8 Å². The summed E-state index contributed by atoms with van der Waals surface area (Å²) in [5.74, 6) is 0.738. The smallest absolute Gasteiger partial charge is 0.238 e. The highest BCUT2D eigenvalue weighted by Crippen LogP contribution is 2.39. The summed E-state index contributed by atoms with van der Waals surface area (Å²) in [6, 6.07) is 15.7. The van der Waals surface area contributed by atoms with Crippen LogP contribution < -0.4 is 10.1 Å². The zero-order chi connectivity index (χ0) is 18.8. The standard InChI is InChI=1S/C21H22N2O3S/c1-26-15-7-4-6-14(12-15)17-9-5-11-23(17)20(24)13-19-21(25)22-16-8-2-3-10-18(16)27-19/h2-4,6-8,10,12,17,19H,5,9,11,13H2,1H3,(H,22,25)/t17-,19+/m0/s1. The molecule has 2 aliphatic rings. The predicted octanol–water partition coefficient (Wildman–Crippen LogP) is 3.86. The van der Waals surface area contributed by atoms with E-state index in [9.17, 15) is 9.59 Å². The Labute approximate surface area is 163 Å². The zero-order valence-electron chi connectivity index (χ0n) is 15.2. The molecule has 2 aromatic rings. The number of nitrogens with one attached hydrogen (secondary N) is 1. The van der Waals surface area contributed by atoms with Crippen LogP contribution in [0.5, 0.6) is 5.75 Å². The molecule has 0 saturated carbocycles. The molecule has 0 aliphatic carbocycles. The summed E-state index contributed by atoms with van der Waals surface area (Å²) < 4.78 is 5.32. The molecule has 27 heavy (non-hydrogen) atoms. The third-order valence-corrected chi connectivity index (χ3v) is 6.39. The second-order valence-electron chi connectivity index (χ2n) is 6.82. The summed E-state index contributed by atoms with van der Waals surface area (Å²) in [6.45, 7) is 0.732. The number of amides is 2. The molecule has 6 heteroatoms. The molecule has 2 atom stereocenters. The second-order valence-corrected chi connectivity index (χ2v) is 8.06. The molecule has 0 bridgehead atoms. The minimum Gasteiger partial charge on any atom is -0.497 e. The van der Waals surface area contributed by atoms with Gasteiger partial charge in [0.1, 0.15) is 5.75 Å². The van der Waals surface area contributed by atoms with Crippen molar-refractivity contribution in [2.45, 2.75) is 35.4 Å². The Balaban J connectivity index is 1.48. The number of hydrogen-bond acceptors (Lipinski definition) is 4. The van der Waals surface area contributed by atoms with Crippen LogP contribution in [0.1, 0.15) is 30.9 Å². The van der Waals surface area contributed by atoms with E-state index in [1.807, 2.05) is 53.4 Å². The molecular weight excluding hydrogens is 360 g/mol. The SMILES string of the molecule is COc1cccc([C@@H]2CCCN2C(=O)C[C@H]2Sc3ccccc3NC2=O)c1. The summed E-state index contributed by atoms with van der Waals surface area (Å²) in [5, 5.41) is 2.53. The summed E-state index contributed by atoms with van der Waals surface area (Å²) >= 11 is 1.48. The molecule has 1 N–H and O–H groups in total. The van der Waals surface area contributed by atoms with Gasteiger partial charge in [-0.2, -0.15) is 0 Å². The number of carbonyl (C=O) groups is 2. The second kappa shape index (κ2) is 7.64. The maximum atomic E-state index is 13.0. The average molecular weight is 382 g/mol. The highest BCUT2D eigenvalue weighted by molar-refractivity contribution is 8.01. The van der Waals surface area contributed by atoms with E-state index >= 15 is 0 Å². The van der Waals surface area contributed by atoms with Crippen LogP contribution >= 0.6 is 11.8 Å². The van der Waals surface area contributed by atoms with Crippen LogP contribution in [-0.4, -0.2) is 35.6 Å². The Hall–Kier alpha value is -2.47. The van der Waals surface area contributed by atoms with E-state index in [1.165, 1.54) is 11.8 Å². The Morgan fingerprint density at radius 1 is 1.26 bits per heavy atom. The first-order chi connectivity index (χ1) is 13.2. The fourth-order valence-electron chi connectivity index (χ4n) is 3.76. The van der Waals surface area contributed by atoms with Crippen LogP contribution in [0.15, 0.2) is 53.4 Å². The quantitative estimate of drug-likeness (QED) is 0.872. The van der Waals surface area contributed by atoms with Crippen molar-refractivity contribution in [3.05, 3.63) is 54.1 Å². The molecule has 1 saturated heterocycles. The summed E-state index contributed by atoms with van der Waals surface area (Å²) in [7, 11) is 1.65. The first kappa shape index (κ1) is 17.9. The minimum absolute atomic E-state index is 0.0346. The van der Waals surface area contributed by atoms with Crippen molar-refractivity contribution in [2.24, 2.45) is 0 Å². The van der Waals surface area contributed by atoms with E-state index < -0.39 is 0 Å². The molecule has 5 nitrogen and oxygen atoms in total. The van der Waals surface area contributed by atoms with E-state index in [0.717, 1.165) is 41.3 Å². The van der Waals surface area contributed by atoms with Crippen LogP contribution in [0.25, 0.3) is 0 Å². The van der Waals surface area contributed by atoms with Crippen LogP contribution in [0.4, 0.5) is 5.69 Å². The van der Waals surface area contributed by atoms with Gasteiger partial charge in [-0.05, 0) is 42.7 Å². The number of anilines is 1. The number of carbonyl (C=O) groups excluding carboxylic acids is 2. The van der Waals surface area contributed by atoms with E-state index in [-0.39, 0.29) is 29.5 Å². The number of fused-ring (bicyclic) bond motifs is 1. The maximum absolute atomic E-state index is 13.0. The molecular formula is C21H22N2O3S. The number of rotatable bonds is 4. The lowest BCUT2D eigenvalue weighted by molar-refractivity contribution is -0.133. The van der Waals surface area contributed by atoms with Gasteiger partial charge >= 0.3 is 0 Å². The van der Waals surface area contributed by atoms with Gasteiger partial charge in [0.25, 0.3) is 0 Å². The Morgan fingerprint density at radius 2 is 2.11 bits per heavy atom. The fraction of sp³-hybridized carbons (Fsp3) is 0.333. The molecule has 4 rings (SSSR count). The minimum atomic E-state index is -0.390. The maximum Gasteiger partial charge on any atom is 0.238 e. The third kappa shape index (κ3) is 3.67. The summed E-state index contributed by atoms with van der Waals surface area (Å²) in [5.41, 5.74) is 1.91. The molecule has 0 unspecified atom stereocenters. The number of methoxy groups -OCH3 is 1. The van der Waals surface area contributed by atoms with Crippen molar-refractivity contribution in [3.63, 3.8) is 0 Å². The van der Waals surface area contributed by atoms with Gasteiger partial charge in [0.15, 0.2) is 0 Å². The number of hydrogen-bond donors (Lipinski definition) is 1. The van der Waals surface area contributed by atoms with Gasteiger partial charge in [-0.1, -0.05) is 24.3 Å². The lowest BCUT2D eigenvalue weighted by atomic mass is 10.0. The Kier molecular flexibility index (Phi) is 5.07. The van der Waals surface area contributed by atoms with Gasteiger partial charge in [0.05, 0.1) is 24.1 Å². The molecule has 2 heterocycles. The zero-order valence-corrected chi connectivity index (χ0v) is 16.0. The molecule has 0 radical (unpaired) electrons. The normalized spacial score (nSPS) is 21.5. The van der Waals surface area contributed by atoms with E-state index in [1.54, 1.807) is 7.11 Å². The molecule has 2 amide bonds. The number of ether oxygens (including phenoxy) is 1. The summed E-state index contributed by atoms with van der Waals surface area (Å²) in [4.78, 5) is 28.4.